The molecule has 1 amide bonds. The van der Waals surface area contributed by atoms with Gasteiger partial charge in [0.2, 0.25) is 15.9 Å². The smallest absolute Gasteiger partial charge is 0.243 e. The molecule has 0 aliphatic heterocycles. The van der Waals surface area contributed by atoms with Crippen LogP contribution in [0.2, 0.25) is 10.0 Å². The first-order valence-electron chi connectivity index (χ1n) is 7.39. The molecule has 0 aliphatic carbocycles. The zero-order valence-electron chi connectivity index (χ0n) is 13.7. The van der Waals surface area contributed by atoms with Crippen LogP contribution < -0.4 is 5.32 Å². The summed E-state index contributed by atoms with van der Waals surface area (Å²) in [6.07, 6.45) is 1.06. The zero-order chi connectivity index (χ0) is 18.6. The summed E-state index contributed by atoms with van der Waals surface area (Å²) in [6, 6.07) is 12.7. The number of likely N-dealkylation sites (N-methyl/N-ethyl adjacent to an activating group) is 1. The Kier molecular flexibility index (Phi) is 6.46. The van der Waals surface area contributed by atoms with Crippen LogP contribution >= 0.6 is 23.2 Å². The highest BCUT2D eigenvalue weighted by atomic mass is 35.5. The van der Waals surface area contributed by atoms with Crippen LogP contribution in [-0.2, 0) is 21.4 Å². The largest absolute Gasteiger partial charge is 0.350 e. The fourth-order valence-corrected chi connectivity index (χ4v) is 3.37. The van der Waals surface area contributed by atoms with Crippen LogP contribution in [0.3, 0.4) is 0 Å². The molecule has 2 rings (SSSR count). The first kappa shape index (κ1) is 19.7. The first-order valence-corrected chi connectivity index (χ1v) is 10.00. The molecule has 134 valence electrons. The number of carbonyl (C=O) groups is 1. The van der Waals surface area contributed by atoms with E-state index in [-0.39, 0.29) is 6.54 Å². The van der Waals surface area contributed by atoms with Gasteiger partial charge in [-0.2, -0.15) is 4.31 Å². The molecule has 2 aromatic rings. The fourth-order valence-electron chi connectivity index (χ4n) is 2.30. The number of carbonyl (C=O) groups excluding carboxylic acids is 1. The van der Waals surface area contributed by atoms with Crippen molar-refractivity contribution in [2.24, 2.45) is 0 Å². The standard InChI is InChI=1S/C17H18Cl2N2O3S/c1-21(25(2,23)24)16(12-6-4-3-5-7-12)17(22)20-11-13-8-9-14(18)10-15(13)19/h3-10,16H,11H2,1-2H3,(H,20,22)/t16-/m1/s1. The van der Waals surface area contributed by atoms with Gasteiger partial charge in [-0.15, -0.1) is 0 Å². The lowest BCUT2D eigenvalue weighted by Gasteiger charge is -2.25. The topological polar surface area (TPSA) is 66.5 Å². The van der Waals surface area contributed by atoms with Crippen molar-refractivity contribution in [1.82, 2.24) is 9.62 Å². The van der Waals surface area contributed by atoms with E-state index in [2.05, 4.69) is 5.32 Å². The lowest BCUT2D eigenvalue weighted by atomic mass is 10.1. The van der Waals surface area contributed by atoms with Crippen molar-refractivity contribution in [1.29, 1.82) is 0 Å². The van der Waals surface area contributed by atoms with Gasteiger partial charge in [-0.25, -0.2) is 8.42 Å². The van der Waals surface area contributed by atoms with Gasteiger partial charge in [0.1, 0.15) is 6.04 Å². The summed E-state index contributed by atoms with van der Waals surface area (Å²) < 4.78 is 24.9. The molecule has 5 nitrogen and oxygen atoms in total. The summed E-state index contributed by atoms with van der Waals surface area (Å²) >= 11 is 12.0. The number of nitrogens with zero attached hydrogens (tertiary/aromatic N) is 1. The van der Waals surface area contributed by atoms with E-state index in [1.165, 1.54) is 7.05 Å². The number of hydrogen-bond acceptors (Lipinski definition) is 3. The molecule has 0 heterocycles. The number of rotatable bonds is 6. The third kappa shape index (κ3) is 5.19. The molecule has 0 saturated heterocycles. The number of amides is 1. The summed E-state index contributed by atoms with van der Waals surface area (Å²) in [7, 11) is -2.19. The monoisotopic (exact) mass is 400 g/mol. The summed E-state index contributed by atoms with van der Waals surface area (Å²) in [6.45, 7) is 0.162. The van der Waals surface area contributed by atoms with Crippen LogP contribution in [0.25, 0.3) is 0 Å². The summed E-state index contributed by atoms with van der Waals surface area (Å²) in [5, 5.41) is 3.67. The number of sulfonamides is 1. The Morgan fingerprint density at radius 2 is 1.80 bits per heavy atom. The maximum Gasteiger partial charge on any atom is 0.243 e. The third-order valence-electron chi connectivity index (χ3n) is 3.72. The summed E-state index contributed by atoms with van der Waals surface area (Å²) in [5.41, 5.74) is 1.27. The molecule has 0 aliphatic rings. The highest BCUT2D eigenvalue weighted by Crippen LogP contribution is 2.24. The molecule has 8 heteroatoms. The highest BCUT2D eigenvalue weighted by Gasteiger charge is 2.30. The molecule has 0 bridgehead atoms. The summed E-state index contributed by atoms with van der Waals surface area (Å²) in [4.78, 5) is 12.7. The second-order valence-electron chi connectivity index (χ2n) is 5.55. The molecule has 1 N–H and O–H groups in total. The van der Waals surface area contributed by atoms with Gasteiger partial charge in [0, 0.05) is 23.6 Å². The maximum absolute atomic E-state index is 12.7. The second kappa shape index (κ2) is 8.19. The van der Waals surface area contributed by atoms with Crippen LogP contribution in [0, 0.1) is 0 Å². The molecule has 2 aromatic carbocycles. The van der Waals surface area contributed by atoms with Gasteiger partial charge in [-0.3, -0.25) is 4.79 Å². The van der Waals surface area contributed by atoms with E-state index in [1.807, 2.05) is 0 Å². The number of nitrogens with one attached hydrogen (secondary N) is 1. The van der Waals surface area contributed by atoms with Gasteiger partial charge in [0.25, 0.3) is 0 Å². The van der Waals surface area contributed by atoms with Crippen molar-refractivity contribution in [3.63, 3.8) is 0 Å². The van der Waals surface area contributed by atoms with E-state index >= 15 is 0 Å². The molecular formula is C17H18Cl2N2O3S. The minimum atomic E-state index is -3.56. The van der Waals surface area contributed by atoms with Gasteiger partial charge in [0.15, 0.2) is 0 Å². The minimum Gasteiger partial charge on any atom is -0.350 e. The Bertz CT molecular complexity index is 857. The Morgan fingerprint density at radius 1 is 1.16 bits per heavy atom. The molecule has 0 spiro atoms. The second-order valence-corrected chi connectivity index (χ2v) is 8.43. The Balaban J connectivity index is 2.24. The predicted molar refractivity (Wildman–Crippen MR) is 100 cm³/mol. The number of hydrogen-bond donors (Lipinski definition) is 1. The van der Waals surface area contributed by atoms with E-state index < -0.39 is 22.0 Å². The molecule has 0 fully saturated rings. The number of benzene rings is 2. The van der Waals surface area contributed by atoms with Crippen LogP contribution in [0.15, 0.2) is 48.5 Å². The van der Waals surface area contributed by atoms with Gasteiger partial charge in [-0.05, 0) is 23.3 Å². The van der Waals surface area contributed by atoms with Crippen molar-refractivity contribution in [3.05, 3.63) is 69.7 Å². The molecule has 25 heavy (non-hydrogen) atoms. The maximum atomic E-state index is 12.7. The van der Waals surface area contributed by atoms with E-state index in [9.17, 15) is 13.2 Å². The highest BCUT2D eigenvalue weighted by molar-refractivity contribution is 7.88. The van der Waals surface area contributed by atoms with Crippen molar-refractivity contribution in [3.8, 4) is 0 Å². The molecule has 0 unspecified atom stereocenters. The third-order valence-corrected chi connectivity index (χ3v) is 5.56. The van der Waals surface area contributed by atoms with Gasteiger partial charge in [0.05, 0.1) is 6.26 Å². The van der Waals surface area contributed by atoms with Crippen molar-refractivity contribution >= 4 is 39.1 Å². The van der Waals surface area contributed by atoms with Crippen LogP contribution in [0.4, 0.5) is 0 Å². The van der Waals surface area contributed by atoms with Crippen LogP contribution in [0.5, 0.6) is 0 Å². The molecule has 0 saturated carbocycles. The van der Waals surface area contributed by atoms with E-state index in [0.29, 0.717) is 21.2 Å². The Morgan fingerprint density at radius 3 is 2.36 bits per heavy atom. The van der Waals surface area contributed by atoms with Gasteiger partial charge in [-0.1, -0.05) is 59.6 Å². The Hall–Kier alpha value is -1.60. The molecule has 0 aromatic heterocycles. The van der Waals surface area contributed by atoms with E-state index in [1.54, 1.807) is 48.5 Å². The fraction of sp³-hybridized carbons (Fsp3) is 0.235. The first-order chi connectivity index (χ1) is 11.7. The van der Waals surface area contributed by atoms with Crippen molar-refractivity contribution < 1.29 is 13.2 Å². The normalized spacial score (nSPS) is 12.8. The average Bonchev–Trinajstić information content (AvgIpc) is 2.54. The zero-order valence-corrected chi connectivity index (χ0v) is 16.1. The average molecular weight is 401 g/mol. The van der Waals surface area contributed by atoms with Crippen LogP contribution in [-0.4, -0.2) is 31.9 Å². The quantitative estimate of drug-likeness (QED) is 0.808. The Labute approximate surface area is 157 Å². The molecule has 1 atom stereocenters. The molecular weight excluding hydrogens is 383 g/mol. The van der Waals surface area contributed by atoms with E-state index in [0.717, 1.165) is 10.6 Å². The van der Waals surface area contributed by atoms with Crippen LogP contribution in [0.1, 0.15) is 17.2 Å². The molecule has 0 radical (unpaired) electrons. The lowest BCUT2D eigenvalue weighted by molar-refractivity contribution is -0.124. The van der Waals surface area contributed by atoms with Crippen molar-refractivity contribution in [2.75, 3.05) is 13.3 Å². The van der Waals surface area contributed by atoms with Gasteiger partial charge >= 0.3 is 0 Å². The summed E-state index contributed by atoms with van der Waals surface area (Å²) in [5.74, 6) is -0.440. The van der Waals surface area contributed by atoms with Crippen molar-refractivity contribution in [2.45, 2.75) is 12.6 Å². The van der Waals surface area contributed by atoms with Gasteiger partial charge < -0.3 is 5.32 Å². The lowest BCUT2D eigenvalue weighted by Crippen LogP contribution is -2.41. The minimum absolute atomic E-state index is 0.162. The SMILES string of the molecule is CN([C@@H](C(=O)NCc1ccc(Cl)cc1Cl)c1ccccc1)S(C)(=O)=O. The number of halogens is 2. The van der Waals surface area contributed by atoms with E-state index in [4.69, 9.17) is 23.2 Å². The predicted octanol–water partition coefficient (Wildman–Crippen LogP) is 3.24.